The lowest BCUT2D eigenvalue weighted by Gasteiger charge is -2.29. The molecule has 0 spiro atoms. The number of ether oxygens (including phenoxy) is 1. The summed E-state index contributed by atoms with van der Waals surface area (Å²) in [6.45, 7) is 0. The van der Waals surface area contributed by atoms with Gasteiger partial charge in [0, 0.05) is 17.7 Å². The number of aromatic carboxylic acids is 1. The molecule has 1 aromatic carbocycles. The van der Waals surface area contributed by atoms with Gasteiger partial charge in [-0.05, 0) is 37.5 Å². The monoisotopic (exact) mass is 332 g/mol. The van der Waals surface area contributed by atoms with Gasteiger partial charge < -0.3 is 9.84 Å². The minimum Gasteiger partial charge on any atom is -0.489 e. The molecule has 1 aromatic rings. The number of halogens is 1. The normalized spacial score (nSPS) is 22.8. The zero-order valence-electron chi connectivity index (χ0n) is 11.6. The lowest BCUT2D eigenvalue weighted by atomic mass is 9.97. The molecule has 116 valence electrons. The standard InChI is InChI=1S/C14H17ClO5S/c1-21(18,19)11-4-2-3-10(8-11)20-13-7-9(15)5-6-12(13)14(16)17/h5-7,10-11H,2-4,8H2,1H3,(H,16,17). The zero-order valence-corrected chi connectivity index (χ0v) is 13.2. The summed E-state index contributed by atoms with van der Waals surface area (Å²) in [6, 6.07) is 4.32. The van der Waals surface area contributed by atoms with Crippen molar-refractivity contribution < 1.29 is 23.1 Å². The first-order valence-electron chi connectivity index (χ1n) is 6.65. The molecule has 1 aliphatic carbocycles. The van der Waals surface area contributed by atoms with Crippen LogP contribution in [-0.4, -0.2) is 37.1 Å². The van der Waals surface area contributed by atoms with Crippen LogP contribution >= 0.6 is 11.6 Å². The molecular weight excluding hydrogens is 316 g/mol. The summed E-state index contributed by atoms with van der Waals surface area (Å²) in [4.78, 5) is 11.2. The molecule has 1 aliphatic rings. The highest BCUT2D eigenvalue weighted by Gasteiger charge is 2.30. The molecule has 2 atom stereocenters. The maximum absolute atomic E-state index is 11.6. The number of rotatable bonds is 4. The fourth-order valence-corrected chi connectivity index (χ4v) is 3.87. The summed E-state index contributed by atoms with van der Waals surface area (Å²) in [5.41, 5.74) is 0.0286. The smallest absolute Gasteiger partial charge is 0.339 e. The second-order valence-electron chi connectivity index (χ2n) is 5.30. The summed E-state index contributed by atoms with van der Waals surface area (Å²) in [6.07, 6.45) is 3.37. The van der Waals surface area contributed by atoms with Gasteiger partial charge >= 0.3 is 5.97 Å². The molecule has 2 unspecified atom stereocenters. The van der Waals surface area contributed by atoms with Gasteiger partial charge in [0.15, 0.2) is 0 Å². The van der Waals surface area contributed by atoms with Crippen LogP contribution in [0.5, 0.6) is 5.75 Å². The van der Waals surface area contributed by atoms with Gasteiger partial charge in [0.05, 0.1) is 11.4 Å². The first kappa shape index (κ1) is 16.1. The Morgan fingerprint density at radius 2 is 2.10 bits per heavy atom. The van der Waals surface area contributed by atoms with Gasteiger partial charge in [-0.25, -0.2) is 13.2 Å². The zero-order chi connectivity index (χ0) is 15.6. The van der Waals surface area contributed by atoms with Crippen molar-refractivity contribution in [1.29, 1.82) is 0 Å². The molecule has 0 heterocycles. The van der Waals surface area contributed by atoms with Gasteiger partial charge in [0.2, 0.25) is 0 Å². The number of benzene rings is 1. The Morgan fingerprint density at radius 1 is 1.38 bits per heavy atom. The largest absolute Gasteiger partial charge is 0.489 e. The van der Waals surface area contributed by atoms with E-state index in [1.807, 2.05) is 0 Å². The van der Waals surface area contributed by atoms with Crippen LogP contribution in [0.2, 0.25) is 5.02 Å². The Bertz CT molecular complexity index is 641. The number of sulfone groups is 1. The van der Waals surface area contributed by atoms with Gasteiger partial charge in [-0.2, -0.15) is 0 Å². The average molecular weight is 333 g/mol. The molecule has 0 amide bonds. The molecule has 7 heteroatoms. The summed E-state index contributed by atoms with van der Waals surface area (Å²) in [7, 11) is -3.11. The van der Waals surface area contributed by atoms with Crippen LogP contribution in [0.25, 0.3) is 0 Å². The molecule has 0 aromatic heterocycles. The second kappa shape index (κ2) is 6.23. The molecule has 1 N–H and O–H groups in total. The Balaban J connectivity index is 2.18. The van der Waals surface area contributed by atoms with E-state index < -0.39 is 21.1 Å². The number of hydrogen-bond acceptors (Lipinski definition) is 4. The highest BCUT2D eigenvalue weighted by Crippen LogP contribution is 2.30. The lowest BCUT2D eigenvalue weighted by Crippen LogP contribution is -2.33. The predicted octanol–water partition coefficient (Wildman–Crippen LogP) is 2.77. The van der Waals surface area contributed by atoms with Gasteiger partial charge in [-0.15, -0.1) is 0 Å². The molecule has 5 nitrogen and oxygen atoms in total. The van der Waals surface area contributed by atoms with Crippen molar-refractivity contribution in [2.75, 3.05) is 6.26 Å². The van der Waals surface area contributed by atoms with E-state index in [4.69, 9.17) is 21.4 Å². The van der Waals surface area contributed by atoms with Crippen molar-refractivity contribution in [1.82, 2.24) is 0 Å². The molecule has 21 heavy (non-hydrogen) atoms. The predicted molar refractivity (Wildman–Crippen MR) is 79.9 cm³/mol. The van der Waals surface area contributed by atoms with E-state index >= 15 is 0 Å². The summed E-state index contributed by atoms with van der Waals surface area (Å²) < 4.78 is 29.0. The number of carbonyl (C=O) groups is 1. The second-order valence-corrected chi connectivity index (χ2v) is 8.07. The van der Waals surface area contributed by atoms with Crippen LogP contribution in [0, 0.1) is 0 Å². The molecular formula is C14H17ClO5S. The van der Waals surface area contributed by atoms with Crippen LogP contribution < -0.4 is 4.74 Å². The minimum absolute atomic E-state index is 0.0286. The van der Waals surface area contributed by atoms with E-state index in [2.05, 4.69) is 0 Å². The quantitative estimate of drug-likeness (QED) is 0.917. The fraction of sp³-hybridized carbons (Fsp3) is 0.500. The molecule has 1 fully saturated rings. The maximum Gasteiger partial charge on any atom is 0.339 e. The first-order valence-corrected chi connectivity index (χ1v) is 8.99. The van der Waals surface area contributed by atoms with Crippen LogP contribution in [-0.2, 0) is 9.84 Å². The SMILES string of the molecule is CS(=O)(=O)C1CCCC(Oc2cc(Cl)ccc2C(=O)O)C1. The molecule has 2 rings (SSSR count). The number of carboxylic acids is 1. The highest BCUT2D eigenvalue weighted by atomic mass is 35.5. The molecule has 0 radical (unpaired) electrons. The van der Waals surface area contributed by atoms with Crippen LogP contribution in [0.15, 0.2) is 18.2 Å². The Labute approximate surface area is 128 Å². The molecule has 1 saturated carbocycles. The van der Waals surface area contributed by atoms with Gasteiger partial charge in [0.1, 0.15) is 21.2 Å². The third kappa shape index (κ3) is 4.11. The first-order chi connectivity index (χ1) is 9.77. The van der Waals surface area contributed by atoms with E-state index in [1.54, 1.807) is 0 Å². The van der Waals surface area contributed by atoms with Gasteiger partial charge in [-0.1, -0.05) is 11.6 Å². The highest BCUT2D eigenvalue weighted by molar-refractivity contribution is 7.91. The Morgan fingerprint density at radius 3 is 2.71 bits per heavy atom. The number of carboxylic acid groups (broad SMARTS) is 1. The van der Waals surface area contributed by atoms with Crippen molar-refractivity contribution in [2.24, 2.45) is 0 Å². The summed E-state index contributed by atoms with van der Waals surface area (Å²) >= 11 is 5.87. The van der Waals surface area contributed by atoms with Crippen LogP contribution in [0.3, 0.4) is 0 Å². The average Bonchev–Trinajstić information content (AvgIpc) is 2.37. The van der Waals surface area contributed by atoms with Gasteiger partial charge in [0.25, 0.3) is 0 Å². The third-order valence-electron chi connectivity index (χ3n) is 3.65. The van der Waals surface area contributed by atoms with Gasteiger partial charge in [-0.3, -0.25) is 0 Å². The molecule has 0 aliphatic heterocycles. The van der Waals surface area contributed by atoms with E-state index in [0.717, 1.165) is 6.42 Å². The van der Waals surface area contributed by atoms with Crippen molar-refractivity contribution in [3.05, 3.63) is 28.8 Å². The van der Waals surface area contributed by atoms with E-state index in [1.165, 1.54) is 24.5 Å². The summed E-state index contributed by atoms with van der Waals surface area (Å²) in [5, 5.41) is 9.10. The lowest BCUT2D eigenvalue weighted by molar-refractivity contribution is 0.0686. The van der Waals surface area contributed by atoms with Crippen molar-refractivity contribution in [3.63, 3.8) is 0 Å². The Kier molecular flexibility index (Phi) is 4.78. The van der Waals surface area contributed by atoms with E-state index in [-0.39, 0.29) is 17.4 Å². The molecule has 0 bridgehead atoms. The fourth-order valence-electron chi connectivity index (χ4n) is 2.55. The van der Waals surface area contributed by atoms with Crippen molar-refractivity contribution >= 4 is 27.4 Å². The molecule has 0 saturated heterocycles. The van der Waals surface area contributed by atoms with E-state index in [9.17, 15) is 13.2 Å². The van der Waals surface area contributed by atoms with Crippen LogP contribution in [0.4, 0.5) is 0 Å². The number of hydrogen-bond donors (Lipinski definition) is 1. The third-order valence-corrected chi connectivity index (χ3v) is 5.53. The van der Waals surface area contributed by atoms with Crippen LogP contribution in [0.1, 0.15) is 36.0 Å². The minimum atomic E-state index is -3.11. The van der Waals surface area contributed by atoms with Crippen molar-refractivity contribution in [2.45, 2.75) is 37.0 Å². The topological polar surface area (TPSA) is 80.7 Å². The summed E-state index contributed by atoms with van der Waals surface area (Å²) in [5.74, 6) is -0.911. The van der Waals surface area contributed by atoms with E-state index in [0.29, 0.717) is 24.3 Å². The van der Waals surface area contributed by atoms with Crippen molar-refractivity contribution in [3.8, 4) is 5.75 Å². The Hall–Kier alpha value is -1.27. The maximum atomic E-state index is 11.6.